The number of hydrogen-bond acceptors (Lipinski definition) is 4. The molecule has 2 amide bonds. The summed E-state index contributed by atoms with van der Waals surface area (Å²) in [6.45, 7) is 15.1. The van der Waals surface area contributed by atoms with Crippen LogP contribution in [0.25, 0.3) is 0 Å². The zero-order chi connectivity index (χ0) is 23.0. The van der Waals surface area contributed by atoms with Crippen molar-refractivity contribution in [1.29, 1.82) is 0 Å². The number of halogens is 1. The lowest BCUT2D eigenvalue weighted by atomic mass is 9.66. The summed E-state index contributed by atoms with van der Waals surface area (Å²) >= 11 is 0. The van der Waals surface area contributed by atoms with Crippen LogP contribution < -0.4 is 4.90 Å². The highest BCUT2D eigenvalue weighted by atomic mass is 19.1. The number of benzene rings is 1. The van der Waals surface area contributed by atoms with Gasteiger partial charge >= 0.3 is 0 Å². The van der Waals surface area contributed by atoms with Gasteiger partial charge < -0.3 is 4.90 Å². The quantitative estimate of drug-likeness (QED) is 0.532. The Bertz CT molecular complexity index is 970. The molecule has 4 aliphatic rings. The highest BCUT2D eigenvalue weighted by Gasteiger charge is 2.75. The summed E-state index contributed by atoms with van der Waals surface area (Å²) < 4.78 is 14.1. The largest absolute Gasteiger partial charge is 0.367 e. The first kappa shape index (κ1) is 21.6. The lowest BCUT2D eigenvalue weighted by molar-refractivity contribution is -0.142. The first-order valence-electron chi connectivity index (χ1n) is 11.9. The van der Waals surface area contributed by atoms with Crippen LogP contribution in [0, 0.1) is 34.4 Å². The number of anilines is 1. The SMILES string of the molecule is CC1=C(C)[C@]2(C)C3C(=O)N(CCN4CCN(c5ccccc5F)CC4)C(=O)C3[C@@]1(C)C2C. The molecule has 0 N–H and O–H groups in total. The van der Waals surface area contributed by atoms with Crippen LogP contribution in [-0.2, 0) is 9.59 Å². The average molecular weight is 440 g/mol. The van der Waals surface area contributed by atoms with Crippen LogP contribution in [0.4, 0.5) is 10.1 Å². The van der Waals surface area contributed by atoms with E-state index in [9.17, 15) is 14.0 Å². The molecule has 5 rings (SSSR count). The maximum absolute atomic E-state index is 14.1. The molecule has 2 saturated heterocycles. The molecule has 2 aliphatic carbocycles. The number of fused-ring (bicyclic) bond motifs is 5. The summed E-state index contributed by atoms with van der Waals surface area (Å²) in [6, 6.07) is 6.89. The summed E-state index contributed by atoms with van der Waals surface area (Å²) in [5.41, 5.74) is 2.81. The number of carbonyl (C=O) groups is 2. The molecule has 1 saturated carbocycles. The van der Waals surface area contributed by atoms with Crippen molar-refractivity contribution >= 4 is 17.5 Å². The molecule has 3 unspecified atom stereocenters. The number of rotatable bonds is 4. The van der Waals surface area contributed by atoms with Crippen molar-refractivity contribution in [2.24, 2.45) is 28.6 Å². The van der Waals surface area contributed by atoms with Crippen LogP contribution >= 0.6 is 0 Å². The maximum Gasteiger partial charge on any atom is 0.234 e. The van der Waals surface area contributed by atoms with E-state index in [1.54, 1.807) is 11.0 Å². The summed E-state index contributed by atoms with van der Waals surface area (Å²) in [5, 5.41) is 0. The zero-order valence-electron chi connectivity index (χ0n) is 19.8. The molecule has 32 heavy (non-hydrogen) atoms. The summed E-state index contributed by atoms with van der Waals surface area (Å²) in [6.07, 6.45) is 0. The molecule has 172 valence electrons. The second-order valence-corrected chi connectivity index (χ2v) is 10.6. The molecule has 2 heterocycles. The lowest BCUT2D eigenvalue weighted by Gasteiger charge is -2.37. The number of hydrogen-bond donors (Lipinski definition) is 0. The minimum atomic E-state index is -0.226. The van der Waals surface area contributed by atoms with Gasteiger partial charge in [-0.15, -0.1) is 0 Å². The minimum absolute atomic E-state index is 0.0231. The molecular formula is C26H34FN3O2. The van der Waals surface area contributed by atoms with E-state index in [2.05, 4.69) is 44.4 Å². The summed E-state index contributed by atoms with van der Waals surface area (Å²) in [4.78, 5) is 32.9. The number of nitrogens with zero attached hydrogens (tertiary/aromatic N) is 3. The van der Waals surface area contributed by atoms with Crippen LogP contribution in [0.2, 0.25) is 0 Å². The Balaban J connectivity index is 1.25. The molecule has 0 radical (unpaired) electrons. The van der Waals surface area contributed by atoms with Gasteiger partial charge in [0.1, 0.15) is 5.82 Å². The van der Waals surface area contributed by atoms with Gasteiger partial charge in [0.15, 0.2) is 0 Å². The van der Waals surface area contributed by atoms with E-state index < -0.39 is 0 Å². The van der Waals surface area contributed by atoms with E-state index in [1.807, 2.05) is 12.1 Å². The third kappa shape index (κ3) is 2.59. The molecule has 1 aromatic carbocycles. The van der Waals surface area contributed by atoms with E-state index in [-0.39, 0.29) is 40.3 Å². The van der Waals surface area contributed by atoms with Gasteiger partial charge in [-0.25, -0.2) is 4.39 Å². The van der Waals surface area contributed by atoms with Crippen LogP contribution in [-0.4, -0.2) is 60.9 Å². The fraction of sp³-hybridized carbons (Fsp3) is 0.615. The van der Waals surface area contributed by atoms with Gasteiger partial charge in [0.2, 0.25) is 11.8 Å². The van der Waals surface area contributed by atoms with E-state index in [4.69, 9.17) is 0 Å². The van der Waals surface area contributed by atoms with E-state index >= 15 is 0 Å². The Kier molecular flexibility index (Phi) is 4.83. The van der Waals surface area contributed by atoms with Gasteiger partial charge in [0.05, 0.1) is 17.5 Å². The van der Waals surface area contributed by atoms with Crippen molar-refractivity contribution in [3.05, 3.63) is 41.2 Å². The standard InChI is InChI=1S/C26H34FN3O2/c1-16-17(2)26(5)18(3)25(16,4)21-22(26)24(32)30(23(21)31)15-12-28-10-13-29(14-11-28)20-9-7-6-8-19(20)27/h6-9,18,21-22H,10-15H2,1-5H3/t18?,21?,22?,25-,26+. The Labute approximate surface area is 190 Å². The fourth-order valence-corrected chi connectivity index (χ4v) is 7.40. The Hall–Kier alpha value is -2.21. The van der Waals surface area contributed by atoms with Gasteiger partial charge in [-0.3, -0.25) is 19.4 Å². The van der Waals surface area contributed by atoms with E-state index in [1.165, 1.54) is 17.2 Å². The molecule has 3 fully saturated rings. The molecule has 0 spiro atoms. The predicted octanol–water partition coefficient (Wildman–Crippen LogP) is 3.56. The van der Waals surface area contributed by atoms with E-state index in [0.29, 0.717) is 24.7 Å². The number of piperazine rings is 1. The highest BCUT2D eigenvalue weighted by molar-refractivity contribution is 6.07. The number of imide groups is 1. The second-order valence-electron chi connectivity index (χ2n) is 10.6. The fourth-order valence-electron chi connectivity index (χ4n) is 7.40. The van der Waals surface area contributed by atoms with Crippen molar-refractivity contribution in [1.82, 2.24) is 9.80 Å². The van der Waals surface area contributed by atoms with Crippen LogP contribution in [0.5, 0.6) is 0 Å². The lowest BCUT2D eigenvalue weighted by Crippen LogP contribution is -2.49. The van der Waals surface area contributed by atoms with E-state index in [0.717, 1.165) is 26.2 Å². The summed E-state index contributed by atoms with van der Waals surface area (Å²) in [5.74, 6) is -0.296. The van der Waals surface area contributed by atoms with Crippen LogP contribution in [0.15, 0.2) is 35.4 Å². The number of likely N-dealkylation sites (tertiary alicyclic amines) is 1. The van der Waals surface area contributed by atoms with Gasteiger partial charge in [0, 0.05) is 50.1 Å². The minimum Gasteiger partial charge on any atom is -0.367 e. The third-order valence-corrected chi connectivity index (χ3v) is 9.87. The molecular weight excluding hydrogens is 405 g/mol. The Morgan fingerprint density at radius 2 is 1.44 bits per heavy atom. The number of amides is 2. The van der Waals surface area contributed by atoms with Crippen molar-refractivity contribution in [3.8, 4) is 0 Å². The molecule has 5 atom stereocenters. The summed E-state index contributed by atoms with van der Waals surface area (Å²) in [7, 11) is 0. The molecule has 2 aliphatic heterocycles. The maximum atomic E-state index is 14.1. The Morgan fingerprint density at radius 3 is 1.97 bits per heavy atom. The van der Waals surface area contributed by atoms with Crippen LogP contribution in [0.3, 0.4) is 0 Å². The normalized spacial score (nSPS) is 37.1. The predicted molar refractivity (Wildman–Crippen MR) is 123 cm³/mol. The van der Waals surface area contributed by atoms with Gasteiger partial charge in [-0.1, -0.05) is 44.1 Å². The Morgan fingerprint density at radius 1 is 0.906 bits per heavy atom. The first-order valence-corrected chi connectivity index (χ1v) is 11.9. The highest BCUT2D eigenvalue weighted by Crippen LogP contribution is 2.74. The second kappa shape index (κ2) is 7.14. The molecule has 5 nitrogen and oxygen atoms in total. The molecule has 1 aromatic rings. The number of para-hydroxylation sites is 1. The molecule has 0 aromatic heterocycles. The first-order chi connectivity index (χ1) is 15.1. The molecule has 2 bridgehead atoms. The average Bonchev–Trinajstić information content (AvgIpc) is 3.20. The van der Waals surface area contributed by atoms with Crippen molar-refractivity contribution in [3.63, 3.8) is 0 Å². The smallest absolute Gasteiger partial charge is 0.234 e. The topological polar surface area (TPSA) is 43.9 Å². The number of carbonyl (C=O) groups excluding carboxylic acids is 2. The van der Waals surface area contributed by atoms with Crippen molar-refractivity contribution in [2.45, 2.75) is 34.6 Å². The van der Waals surface area contributed by atoms with Gasteiger partial charge in [-0.2, -0.15) is 0 Å². The monoisotopic (exact) mass is 439 g/mol. The zero-order valence-corrected chi connectivity index (χ0v) is 19.8. The third-order valence-electron chi connectivity index (χ3n) is 9.87. The molecule has 6 heteroatoms. The van der Waals surface area contributed by atoms with Gasteiger partial charge in [0.25, 0.3) is 0 Å². The van der Waals surface area contributed by atoms with Crippen LogP contribution in [0.1, 0.15) is 34.6 Å². The van der Waals surface area contributed by atoms with Crippen molar-refractivity contribution < 1.29 is 14.0 Å². The van der Waals surface area contributed by atoms with Gasteiger partial charge in [-0.05, 0) is 31.9 Å². The van der Waals surface area contributed by atoms with Crippen molar-refractivity contribution in [2.75, 3.05) is 44.2 Å². The number of allylic oxidation sites excluding steroid dienone is 2.